The van der Waals surface area contributed by atoms with Gasteiger partial charge in [0.1, 0.15) is 0 Å². The van der Waals surface area contributed by atoms with Gasteiger partial charge in [0.15, 0.2) is 0 Å². The normalized spacial score (nSPS) is 18.2. The fourth-order valence-electron chi connectivity index (χ4n) is 3.33. The Labute approximate surface area is 157 Å². The van der Waals surface area contributed by atoms with Crippen molar-refractivity contribution < 1.29 is 18.0 Å². The molecule has 1 fully saturated rings. The van der Waals surface area contributed by atoms with Crippen LogP contribution in [0.1, 0.15) is 12.0 Å². The van der Waals surface area contributed by atoms with Gasteiger partial charge in [-0.2, -0.15) is 13.2 Å². The Morgan fingerprint density at radius 3 is 2.85 bits per heavy atom. The molecule has 1 aliphatic rings. The summed E-state index contributed by atoms with van der Waals surface area (Å²) in [7, 11) is 1.64. The number of rotatable bonds is 4. The molecule has 1 amide bonds. The molecule has 1 aliphatic heterocycles. The minimum Gasteiger partial charge on any atom is -0.344 e. The number of aryl methyl sites for hydroxylation is 1. The van der Waals surface area contributed by atoms with Crippen LogP contribution in [0.4, 0.5) is 13.2 Å². The Morgan fingerprint density at radius 2 is 2.15 bits per heavy atom. The first kappa shape index (κ1) is 19.6. The predicted molar refractivity (Wildman–Crippen MR) is 94.7 cm³/mol. The molecule has 27 heavy (non-hydrogen) atoms. The average Bonchev–Trinajstić information content (AvgIpc) is 3.04. The Kier molecular flexibility index (Phi) is 5.43. The molecule has 0 aliphatic carbocycles. The van der Waals surface area contributed by atoms with Crippen molar-refractivity contribution in [1.82, 2.24) is 19.8 Å². The highest BCUT2D eigenvalue weighted by molar-refractivity contribution is 6.32. The van der Waals surface area contributed by atoms with Crippen LogP contribution in [0, 0.1) is 0 Å². The molecule has 0 saturated carbocycles. The lowest BCUT2D eigenvalue weighted by molar-refractivity contribution is -0.174. The number of carbonyl (C=O) groups is 1. The van der Waals surface area contributed by atoms with Crippen LogP contribution in [0.2, 0.25) is 5.02 Å². The van der Waals surface area contributed by atoms with E-state index in [1.165, 1.54) is 16.8 Å². The van der Waals surface area contributed by atoms with Gasteiger partial charge in [0.05, 0.1) is 16.1 Å². The fourth-order valence-corrected chi connectivity index (χ4v) is 3.56. The molecule has 1 saturated heterocycles. The number of carbonyl (C=O) groups excluding carboxylic acids is 1. The second-order valence-corrected chi connectivity index (χ2v) is 6.96. The lowest BCUT2D eigenvalue weighted by Crippen LogP contribution is -2.44. The molecule has 0 spiro atoms. The minimum atomic E-state index is -4.87. The third kappa shape index (κ3) is 4.24. The summed E-state index contributed by atoms with van der Waals surface area (Å²) in [6.45, 7) is 1.45. The summed E-state index contributed by atoms with van der Waals surface area (Å²) < 4.78 is 38.6. The average molecular weight is 403 g/mol. The summed E-state index contributed by atoms with van der Waals surface area (Å²) >= 11 is 6.28. The molecule has 3 rings (SSSR count). The van der Waals surface area contributed by atoms with Gasteiger partial charge in [0.25, 0.3) is 5.56 Å². The van der Waals surface area contributed by atoms with Crippen LogP contribution in [-0.4, -0.2) is 52.2 Å². The van der Waals surface area contributed by atoms with Crippen molar-refractivity contribution in [2.75, 3.05) is 19.6 Å². The minimum absolute atomic E-state index is 0.177. The molecule has 1 N–H and O–H groups in total. The van der Waals surface area contributed by atoms with Gasteiger partial charge >= 0.3 is 12.1 Å². The third-order valence-corrected chi connectivity index (χ3v) is 5.05. The number of halogens is 4. The van der Waals surface area contributed by atoms with Crippen molar-refractivity contribution in [3.05, 3.63) is 39.3 Å². The van der Waals surface area contributed by atoms with Crippen molar-refractivity contribution >= 4 is 28.5 Å². The first-order valence-electron chi connectivity index (χ1n) is 8.40. The number of hydrogen-bond acceptors (Lipinski definition) is 4. The zero-order valence-electron chi connectivity index (χ0n) is 14.5. The van der Waals surface area contributed by atoms with E-state index in [-0.39, 0.29) is 5.56 Å². The third-order valence-electron chi connectivity index (χ3n) is 4.73. The van der Waals surface area contributed by atoms with Crippen molar-refractivity contribution in [3.63, 3.8) is 0 Å². The van der Waals surface area contributed by atoms with E-state index in [1.54, 1.807) is 13.1 Å². The molecule has 1 unspecified atom stereocenters. The van der Waals surface area contributed by atoms with E-state index in [4.69, 9.17) is 11.6 Å². The van der Waals surface area contributed by atoms with Crippen LogP contribution in [0.3, 0.4) is 0 Å². The highest BCUT2D eigenvalue weighted by Gasteiger charge is 2.40. The number of fused-ring (bicyclic) bond motifs is 1. The second kappa shape index (κ2) is 7.47. The molecule has 6 nitrogen and oxygen atoms in total. The van der Waals surface area contributed by atoms with Crippen LogP contribution < -0.4 is 10.9 Å². The van der Waals surface area contributed by atoms with Gasteiger partial charge in [-0.3, -0.25) is 14.6 Å². The van der Waals surface area contributed by atoms with Crippen LogP contribution in [-0.2, 0) is 18.3 Å². The maximum atomic E-state index is 12.4. The number of nitrogens with one attached hydrogen (secondary N) is 1. The van der Waals surface area contributed by atoms with Gasteiger partial charge < -0.3 is 14.8 Å². The Morgan fingerprint density at radius 1 is 1.41 bits per heavy atom. The number of aromatic nitrogens is 2. The summed E-state index contributed by atoms with van der Waals surface area (Å²) in [5.41, 5.74) is 1.89. The summed E-state index contributed by atoms with van der Waals surface area (Å²) in [5.74, 6) is -1.91. The molecule has 2 aromatic heterocycles. The van der Waals surface area contributed by atoms with Crippen molar-refractivity contribution in [3.8, 4) is 0 Å². The number of pyridine rings is 2. The Hall–Kier alpha value is -2.13. The van der Waals surface area contributed by atoms with E-state index in [9.17, 15) is 22.8 Å². The van der Waals surface area contributed by atoms with E-state index in [0.29, 0.717) is 48.5 Å². The van der Waals surface area contributed by atoms with Crippen molar-refractivity contribution in [1.29, 1.82) is 0 Å². The van der Waals surface area contributed by atoms with Crippen molar-refractivity contribution in [2.24, 2.45) is 7.05 Å². The summed E-state index contributed by atoms with van der Waals surface area (Å²) in [6.07, 6.45) is -2.39. The summed E-state index contributed by atoms with van der Waals surface area (Å²) in [5, 5.41) is 2.45. The largest absolute Gasteiger partial charge is 0.471 e. The second-order valence-electron chi connectivity index (χ2n) is 6.56. The molecule has 146 valence electrons. The van der Waals surface area contributed by atoms with Crippen LogP contribution in [0.5, 0.6) is 0 Å². The Bertz CT molecular complexity index is 929. The van der Waals surface area contributed by atoms with E-state index < -0.39 is 18.1 Å². The molecule has 3 heterocycles. The lowest BCUT2D eigenvalue weighted by Gasteiger charge is -2.18. The van der Waals surface area contributed by atoms with Gasteiger partial charge in [-0.05, 0) is 24.5 Å². The van der Waals surface area contributed by atoms with E-state index in [2.05, 4.69) is 4.98 Å². The predicted octanol–water partition coefficient (Wildman–Crippen LogP) is 1.88. The Balaban J connectivity index is 1.70. The number of nitrogens with zero attached hydrogens (tertiary/aromatic N) is 3. The highest BCUT2D eigenvalue weighted by atomic mass is 35.5. The number of amides is 1. The highest BCUT2D eigenvalue weighted by Crippen LogP contribution is 2.24. The zero-order chi connectivity index (χ0) is 19.8. The SMILES string of the molecule is Cn1c(=O)ccc2ncc(Cl)c(CCN3CCC(NC(=O)C(F)(F)F)C3)c21. The number of alkyl halides is 3. The lowest BCUT2D eigenvalue weighted by atomic mass is 10.1. The van der Waals surface area contributed by atoms with Gasteiger partial charge in [-0.25, -0.2) is 0 Å². The quantitative estimate of drug-likeness (QED) is 0.848. The molecule has 0 radical (unpaired) electrons. The molecule has 0 bridgehead atoms. The summed E-state index contributed by atoms with van der Waals surface area (Å²) in [6, 6.07) is 2.53. The van der Waals surface area contributed by atoms with E-state index in [1.807, 2.05) is 10.2 Å². The molecular weight excluding hydrogens is 385 g/mol. The fraction of sp³-hybridized carbons (Fsp3) is 0.471. The maximum absolute atomic E-state index is 12.4. The van der Waals surface area contributed by atoms with Crippen LogP contribution in [0.25, 0.3) is 11.0 Å². The monoisotopic (exact) mass is 402 g/mol. The number of likely N-dealkylation sites (tertiary alicyclic amines) is 1. The zero-order valence-corrected chi connectivity index (χ0v) is 15.3. The smallest absolute Gasteiger partial charge is 0.344 e. The van der Waals surface area contributed by atoms with E-state index in [0.717, 1.165) is 5.56 Å². The number of hydrogen-bond donors (Lipinski definition) is 1. The van der Waals surface area contributed by atoms with Crippen LogP contribution >= 0.6 is 11.6 Å². The van der Waals surface area contributed by atoms with Crippen LogP contribution in [0.15, 0.2) is 23.1 Å². The molecule has 2 aromatic rings. The first-order valence-corrected chi connectivity index (χ1v) is 8.78. The standard InChI is InChI=1S/C17H18ClF3N4O2/c1-24-14(26)3-2-13-15(24)11(12(18)8-22-13)5-7-25-6-4-10(9-25)23-16(27)17(19,20)21/h2-3,8,10H,4-7,9H2,1H3,(H,23,27). The maximum Gasteiger partial charge on any atom is 0.471 e. The molecule has 0 aromatic carbocycles. The molecule has 1 atom stereocenters. The van der Waals surface area contributed by atoms with Gasteiger partial charge in [-0.1, -0.05) is 11.6 Å². The topological polar surface area (TPSA) is 67.2 Å². The van der Waals surface area contributed by atoms with Crippen molar-refractivity contribution in [2.45, 2.75) is 25.1 Å². The van der Waals surface area contributed by atoms with Gasteiger partial charge in [-0.15, -0.1) is 0 Å². The molecule has 10 heteroatoms. The first-order chi connectivity index (χ1) is 12.7. The van der Waals surface area contributed by atoms with Gasteiger partial charge in [0.2, 0.25) is 0 Å². The molecular formula is C17H18ClF3N4O2. The summed E-state index contributed by atoms with van der Waals surface area (Å²) in [4.78, 5) is 29.2. The van der Waals surface area contributed by atoms with E-state index >= 15 is 0 Å². The van der Waals surface area contributed by atoms with Gasteiger partial charge in [0, 0.05) is 45.0 Å².